The van der Waals surface area contributed by atoms with E-state index in [0.29, 0.717) is 18.7 Å². The molecule has 7 heteroatoms. The summed E-state index contributed by atoms with van der Waals surface area (Å²) in [5.74, 6) is 0.850. The Bertz CT molecular complexity index is 756. The highest BCUT2D eigenvalue weighted by atomic mass is 16.2. The van der Waals surface area contributed by atoms with Crippen molar-refractivity contribution in [2.24, 2.45) is 5.92 Å². The molecule has 0 radical (unpaired) electrons. The maximum atomic E-state index is 12.4. The molecule has 0 aromatic carbocycles. The van der Waals surface area contributed by atoms with Crippen LogP contribution in [0.5, 0.6) is 0 Å². The number of rotatable bonds is 6. The number of piperidine rings is 1. The number of nitrogens with zero attached hydrogens (tertiary/aromatic N) is 3. The fraction of sp³-hybridized carbons (Fsp3) is 0.400. The Morgan fingerprint density at radius 1 is 1.15 bits per heavy atom. The van der Waals surface area contributed by atoms with Crippen molar-refractivity contribution in [3.8, 4) is 0 Å². The molecular weight excluding hydrogens is 342 g/mol. The summed E-state index contributed by atoms with van der Waals surface area (Å²) in [6.45, 7) is 4.54. The van der Waals surface area contributed by atoms with Crippen molar-refractivity contribution in [1.82, 2.24) is 20.6 Å². The second-order valence-electron chi connectivity index (χ2n) is 6.60. The number of carbonyl (C=O) groups excluding carboxylic acids is 2. The number of amides is 2. The zero-order valence-electron chi connectivity index (χ0n) is 15.5. The molecule has 2 amide bonds. The molecule has 0 saturated carbocycles. The first-order valence-electron chi connectivity index (χ1n) is 9.33. The van der Waals surface area contributed by atoms with Gasteiger partial charge in [0, 0.05) is 50.7 Å². The smallest absolute Gasteiger partial charge is 0.252 e. The molecular formula is C20H25N5O2. The summed E-state index contributed by atoms with van der Waals surface area (Å²) < 4.78 is 0. The first kappa shape index (κ1) is 18.8. The van der Waals surface area contributed by atoms with Crippen LogP contribution in [0.2, 0.25) is 0 Å². The summed E-state index contributed by atoms with van der Waals surface area (Å²) in [5.41, 5.74) is 1.56. The lowest BCUT2D eigenvalue weighted by atomic mass is 9.96. The summed E-state index contributed by atoms with van der Waals surface area (Å²) in [6, 6.07) is 7.48. The highest BCUT2D eigenvalue weighted by molar-refractivity contribution is 5.94. The highest BCUT2D eigenvalue weighted by Crippen LogP contribution is 2.22. The predicted molar refractivity (Wildman–Crippen MR) is 103 cm³/mol. The molecule has 1 saturated heterocycles. The number of anilines is 1. The fourth-order valence-electron chi connectivity index (χ4n) is 3.18. The van der Waals surface area contributed by atoms with Gasteiger partial charge in [-0.15, -0.1) is 0 Å². The van der Waals surface area contributed by atoms with E-state index in [0.717, 1.165) is 37.3 Å². The first-order valence-corrected chi connectivity index (χ1v) is 9.33. The number of nitrogens with one attached hydrogen (secondary N) is 2. The van der Waals surface area contributed by atoms with Crippen LogP contribution < -0.4 is 15.5 Å². The largest absolute Gasteiger partial charge is 0.357 e. The van der Waals surface area contributed by atoms with Crippen LogP contribution in [0.4, 0.5) is 5.82 Å². The Morgan fingerprint density at radius 2 is 1.96 bits per heavy atom. The van der Waals surface area contributed by atoms with E-state index >= 15 is 0 Å². The average molecular weight is 367 g/mol. The predicted octanol–water partition coefficient (Wildman–Crippen LogP) is 1.76. The number of pyridine rings is 2. The zero-order valence-corrected chi connectivity index (χ0v) is 15.5. The van der Waals surface area contributed by atoms with E-state index in [4.69, 9.17) is 0 Å². The van der Waals surface area contributed by atoms with Gasteiger partial charge in [-0.1, -0.05) is 6.07 Å². The van der Waals surface area contributed by atoms with Gasteiger partial charge in [-0.2, -0.15) is 0 Å². The Kier molecular flexibility index (Phi) is 6.35. The molecule has 1 fully saturated rings. The third-order valence-corrected chi connectivity index (χ3v) is 4.73. The maximum Gasteiger partial charge on any atom is 0.252 e. The lowest BCUT2D eigenvalue weighted by molar-refractivity contribution is -0.125. The minimum Gasteiger partial charge on any atom is -0.357 e. The average Bonchev–Trinajstić information content (AvgIpc) is 2.73. The van der Waals surface area contributed by atoms with Crippen LogP contribution in [0.1, 0.15) is 35.7 Å². The summed E-state index contributed by atoms with van der Waals surface area (Å²) in [6.07, 6.45) is 6.67. The number of hydrogen-bond donors (Lipinski definition) is 2. The molecule has 2 aromatic heterocycles. The lowest BCUT2D eigenvalue weighted by Crippen LogP contribution is -2.40. The SMILES string of the molecule is CCNC(=O)c1ccc(N2CCC(C(=O)NCc3cccnc3)CC2)nc1. The van der Waals surface area contributed by atoms with Crippen molar-refractivity contribution >= 4 is 17.6 Å². The third-order valence-electron chi connectivity index (χ3n) is 4.73. The van der Waals surface area contributed by atoms with Gasteiger partial charge in [0.25, 0.3) is 5.91 Å². The molecule has 1 aliphatic heterocycles. The van der Waals surface area contributed by atoms with E-state index in [1.165, 1.54) is 0 Å². The summed E-state index contributed by atoms with van der Waals surface area (Å²) >= 11 is 0. The van der Waals surface area contributed by atoms with E-state index in [2.05, 4.69) is 25.5 Å². The van der Waals surface area contributed by atoms with Crippen LogP contribution in [-0.4, -0.2) is 41.4 Å². The molecule has 0 unspecified atom stereocenters. The van der Waals surface area contributed by atoms with Gasteiger partial charge in [0.1, 0.15) is 5.82 Å². The van der Waals surface area contributed by atoms with Crippen LogP contribution in [0.3, 0.4) is 0 Å². The zero-order chi connectivity index (χ0) is 19.1. The van der Waals surface area contributed by atoms with Gasteiger partial charge in [-0.3, -0.25) is 14.6 Å². The van der Waals surface area contributed by atoms with E-state index in [9.17, 15) is 9.59 Å². The highest BCUT2D eigenvalue weighted by Gasteiger charge is 2.25. The van der Waals surface area contributed by atoms with E-state index in [1.54, 1.807) is 24.7 Å². The molecule has 3 rings (SSSR count). The molecule has 1 aliphatic rings. The van der Waals surface area contributed by atoms with Crippen LogP contribution in [0.15, 0.2) is 42.9 Å². The Morgan fingerprint density at radius 3 is 2.59 bits per heavy atom. The van der Waals surface area contributed by atoms with Crippen LogP contribution in [0, 0.1) is 5.92 Å². The van der Waals surface area contributed by atoms with Gasteiger partial charge in [0.2, 0.25) is 5.91 Å². The minimum absolute atomic E-state index is 0.0209. The van der Waals surface area contributed by atoms with Gasteiger partial charge >= 0.3 is 0 Å². The normalized spacial score (nSPS) is 14.6. The second-order valence-corrected chi connectivity index (χ2v) is 6.60. The first-order chi connectivity index (χ1) is 13.2. The number of hydrogen-bond acceptors (Lipinski definition) is 5. The minimum atomic E-state index is -0.111. The van der Waals surface area contributed by atoms with Crippen LogP contribution >= 0.6 is 0 Å². The van der Waals surface area contributed by atoms with E-state index in [-0.39, 0.29) is 17.7 Å². The lowest BCUT2D eigenvalue weighted by Gasteiger charge is -2.32. The maximum absolute atomic E-state index is 12.4. The number of aromatic nitrogens is 2. The monoisotopic (exact) mass is 367 g/mol. The van der Waals surface area contributed by atoms with Gasteiger partial charge in [0.15, 0.2) is 0 Å². The standard InChI is InChI=1S/C20H25N5O2/c1-2-22-20(27)17-5-6-18(23-14-17)25-10-7-16(8-11-25)19(26)24-13-15-4-3-9-21-12-15/h3-6,9,12,14,16H,2,7-8,10-11,13H2,1H3,(H,22,27)(H,24,26). The quantitative estimate of drug-likeness (QED) is 0.812. The molecule has 0 bridgehead atoms. The molecule has 0 aliphatic carbocycles. The molecule has 27 heavy (non-hydrogen) atoms. The second kappa shape index (κ2) is 9.12. The van der Waals surface area contributed by atoms with Crippen molar-refractivity contribution in [2.75, 3.05) is 24.5 Å². The molecule has 0 atom stereocenters. The topological polar surface area (TPSA) is 87.2 Å². The Hall–Kier alpha value is -2.96. The molecule has 2 aromatic rings. The van der Waals surface area contributed by atoms with Gasteiger partial charge in [-0.25, -0.2) is 4.98 Å². The van der Waals surface area contributed by atoms with Crippen molar-refractivity contribution < 1.29 is 9.59 Å². The molecule has 2 N–H and O–H groups in total. The summed E-state index contributed by atoms with van der Waals surface area (Å²) in [4.78, 5) is 34.8. The molecule has 3 heterocycles. The van der Waals surface area contributed by atoms with Crippen molar-refractivity contribution in [3.63, 3.8) is 0 Å². The summed E-state index contributed by atoms with van der Waals surface area (Å²) in [5, 5.41) is 5.76. The molecule has 0 spiro atoms. The van der Waals surface area contributed by atoms with Crippen LogP contribution in [-0.2, 0) is 11.3 Å². The van der Waals surface area contributed by atoms with Crippen molar-refractivity contribution in [1.29, 1.82) is 0 Å². The molecule has 7 nitrogen and oxygen atoms in total. The van der Waals surface area contributed by atoms with E-state index < -0.39 is 0 Å². The number of carbonyl (C=O) groups is 2. The summed E-state index contributed by atoms with van der Waals surface area (Å²) in [7, 11) is 0. The van der Waals surface area contributed by atoms with Gasteiger partial charge in [0.05, 0.1) is 5.56 Å². The van der Waals surface area contributed by atoms with Crippen molar-refractivity contribution in [3.05, 3.63) is 54.0 Å². The Balaban J connectivity index is 1.48. The third kappa shape index (κ3) is 5.03. The van der Waals surface area contributed by atoms with Crippen molar-refractivity contribution in [2.45, 2.75) is 26.3 Å². The van der Waals surface area contributed by atoms with Gasteiger partial charge in [-0.05, 0) is 43.5 Å². The Labute approximate surface area is 159 Å². The van der Waals surface area contributed by atoms with E-state index in [1.807, 2.05) is 25.1 Å². The fourth-order valence-corrected chi connectivity index (χ4v) is 3.18. The van der Waals surface area contributed by atoms with Gasteiger partial charge < -0.3 is 15.5 Å². The molecule has 142 valence electrons. The van der Waals surface area contributed by atoms with Crippen LogP contribution in [0.25, 0.3) is 0 Å².